The molecule has 2 aromatic rings. The molecule has 0 aliphatic carbocycles. The first kappa shape index (κ1) is 14.6. The third-order valence-corrected chi connectivity index (χ3v) is 4.24. The molecule has 1 aromatic heterocycles. The standard InChI is InChI=1S/C13H15ClN4OS/c1-7-5-4-6-8(14)9(7)16-12(19)10-11(15)17-13(20-10)18(2)3/h4-6H,15H2,1-3H3,(H,16,19). The van der Waals surface area contributed by atoms with E-state index >= 15 is 0 Å². The predicted octanol–water partition coefficient (Wildman–Crippen LogP) is 3.01. The molecule has 0 unspecified atom stereocenters. The molecule has 0 spiro atoms. The summed E-state index contributed by atoms with van der Waals surface area (Å²) in [5.74, 6) is -0.0785. The molecule has 0 fully saturated rings. The van der Waals surface area contributed by atoms with Gasteiger partial charge in [0.25, 0.3) is 5.91 Å². The highest BCUT2D eigenvalue weighted by molar-refractivity contribution is 7.18. The van der Waals surface area contributed by atoms with E-state index in [-0.39, 0.29) is 11.7 Å². The van der Waals surface area contributed by atoms with Gasteiger partial charge in [0, 0.05) is 14.1 Å². The Bertz CT molecular complexity index is 634. The number of para-hydroxylation sites is 1. The Labute approximate surface area is 126 Å². The molecular formula is C13H15ClN4OS. The molecule has 0 saturated heterocycles. The largest absolute Gasteiger partial charge is 0.382 e. The number of aryl methyl sites for hydroxylation is 1. The first-order valence-corrected chi connectivity index (χ1v) is 7.09. The van der Waals surface area contributed by atoms with Crippen LogP contribution in [0.25, 0.3) is 0 Å². The summed E-state index contributed by atoms with van der Waals surface area (Å²) < 4.78 is 0. The summed E-state index contributed by atoms with van der Waals surface area (Å²) in [7, 11) is 3.69. The quantitative estimate of drug-likeness (QED) is 0.914. The van der Waals surface area contributed by atoms with E-state index in [9.17, 15) is 4.79 Å². The highest BCUT2D eigenvalue weighted by atomic mass is 35.5. The summed E-state index contributed by atoms with van der Waals surface area (Å²) in [4.78, 5) is 18.6. The molecule has 0 aliphatic heterocycles. The molecule has 0 atom stereocenters. The van der Waals surface area contributed by atoms with Gasteiger partial charge in [0.15, 0.2) is 5.13 Å². The molecule has 20 heavy (non-hydrogen) atoms. The van der Waals surface area contributed by atoms with Crippen LogP contribution in [0.3, 0.4) is 0 Å². The maximum atomic E-state index is 12.3. The van der Waals surface area contributed by atoms with Gasteiger partial charge in [0.05, 0.1) is 10.7 Å². The van der Waals surface area contributed by atoms with E-state index in [2.05, 4.69) is 10.3 Å². The van der Waals surface area contributed by atoms with Crippen LogP contribution >= 0.6 is 22.9 Å². The number of halogens is 1. The number of nitrogen functional groups attached to an aromatic ring is 1. The SMILES string of the molecule is Cc1cccc(Cl)c1NC(=O)c1sc(N(C)C)nc1N. The fraction of sp³-hybridized carbons (Fsp3) is 0.231. The van der Waals surface area contributed by atoms with Crippen molar-refractivity contribution in [3.63, 3.8) is 0 Å². The number of hydrogen-bond donors (Lipinski definition) is 2. The number of anilines is 3. The average Bonchev–Trinajstić information content (AvgIpc) is 2.76. The summed E-state index contributed by atoms with van der Waals surface area (Å²) in [6.07, 6.45) is 0. The summed E-state index contributed by atoms with van der Waals surface area (Å²) >= 11 is 7.33. The van der Waals surface area contributed by atoms with Crippen molar-refractivity contribution < 1.29 is 4.79 Å². The van der Waals surface area contributed by atoms with Crippen LogP contribution in [0.5, 0.6) is 0 Å². The zero-order valence-electron chi connectivity index (χ0n) is 11.4. The predicted molar refractivity (Wildman–Crippen MR) is 85.0 cm³/mol. The van der Waals surface area contributed by atoms with Crippen LogP contribution in [0.2, 0.25) is 5.02 Å². The highest BCUT2D eigenvalue weighted by Gasteiger charge is 2.18. The van der Waals surface area contributed by atoms with E-state index in [1.165, 1.54) is 11.3 Å². The van der Waals surface area contributed by atoms with Crippen molar-refractivity contribution in [2.75, 3.05) is 30.0 Å². The number of thiazole rings is 1. The van der Waals surface area contributed by atoms with Crippen LogP contribution in [-0.4, -0.2) is 25.0 Å². The van der Waals surface area contributed by atoms with Crippen molar-refractivity contribution in [1.29, 1.82) is 0 Å². The molecule has 7 heteroatoms. The number of benzene rings is 1. The molecule has 0 saturated carbocycles. The fourth-order valence-corrected chi connectivity index (χ4v) is 2.71. The Morgan fingerprint density at radius 3 is 2.70 bits per heavy atom. The van der Waals surface area contributed by atoms with Crippen LogP contribution in [0.4, 0.5) is 16.6 Å². The van der Waals surface area contributed by atoms with Gasteiger partial charge < -0.3 is 16.0 Å². The monoisotopic (exact) mass is 310 g/mol. The van der Waals surface area contributed by atoms with Gasteiger partial charge in [-0.1, -0.05) is 35.1 Å². The molecule has 0 radical (unpaired) electrons. The van der Waals surface area contributed by atoms with Gasteiger partial charge >= 0.3 is 0 Å². The number of aromatic nitrogens is 1. The van der Waals surface area contributed by atoms with Gasteiger partial charge in [0.1, 0.15) is 10.7 Å². The number of rotatable bonds is 3. The van der Waals surface area contributed by atoms with Crippen molar-refractivity contribution in [3.8, 4) is 0 Å². The second-order valence-corrected chi connectivity index (χ2v) is 5.88. The Balaban J connectivity index is 2.29. The Hall–Kier alpha value is -1.79. The zero-order valence-corrected chi connectivity index (χ0v) is 13.0. The number of hydrogen-bond acceptors (Lipinski definition) is 5. The topological polar surface area (TPSA) is 71.2 Å². The smallest absolute Gasteiger partial charge is 0.269 e. The lowest BCUT2D eigenvalue weighted by Crippen LogP contribution is -2.13. The van der Waals surface area contributed by atoms with Crippen molar-refractivity contribution in [1.82, 2.24) is 4.98 Å². The summed E-state index contributed by atoms with van der Waals surface area (Å²) in [6.45, 7) is 1.88. The molecule has 0 aliphatic rings. The first-order chi connectivity index (χ1) is 9.40. The van der Waals surface area contributed by atoms with Crippen LogP contribution in [0.15, 0.2) is 18.2 Å². The van der Waals surface area contributed by atoms with Crippen molar-refractivity contribution in [2.45, 2.75) is 6.92 Å². The van der Waals surface area contributed by atoms with E-state index in [1.54, 1.807) is 11.0 Å². The minimum atomic E-state index is -0.302. The van der Waals surface area contributed by atoms with Crippen LogP contribution in [0, 0.1) is 6.92 Å². The molecule has 1 aromatic carbocycles. The van der Waals surface area contributed by atoms with Gasteiger partial charge in [0.2, 0.25) is 0 Å². The third-order valence-electron chi connectivity index (χ3n) is 2.69. The van der Waals surface area contributed by atoms with Crippen LogP contribution in [-0.2, 0) is 0 Å². The second kappa shape index (κ2) is 5.68. The lowest BCUT2D eigenvalue weighted by atomic mass is 10.2. The Morgan fingerprint density at radius 1 is 1.45 bits per heavy atom. The molecule has 106 valence electrons. The molecule has 1 amide bonds. The summed E-state index contributed by atoms with van der Waals surface area (Å²) in [6, 6.07) is 5.44. The number of carbonyl (C=O) groups excluding carboxylic acids is 1. The number of nitrogens with zero attached hydrogens (tertiary/aromatic N) is 2. The Kier molecular flexibility index (Phi) is 4.15. The van der Waals surface area contributed by atoms with Crippen LogP contribution in [0.1, 0.15) is 15.2 Å². The normalized spacial score (nSPS) is 10.4. The van der Waals surface area contributed by atoms with Gasteiger partial charge in [-0.3, -0.25) is 4.79 Å². The Morgan fingerprint density at radius 2 is 2.15 bits per heavy atom. The second-order valence-electron chi connectivity index (χ2n) is 4.49. The number of carbonyl (C=O) groups is 1. The summed E-state index contributed by atoms with van der Waals surface area (Å²) in [5.41, 5.74) is 7.27. The van der Waals surface area contributed by atoms with E-state index in [0.29, 0.717) is 20.7 Å². The third kappa shape index (κ3) is 2.86. The minimum Gasteiger partial charge on any atom is -0.382 e. The van der Waals surface area contributed by atoms with Crippen LogP contribution < -0.4 is 16.0 Å². The van der Waals surface area contributed by atoms with Crippen molar-refractivity contribution in [2.24, 2.45) is 0 Å². The van der Waals surface area contributed by atoms with E-state index in [1.807, 2.05) is 33.2 Å². The number of nitrogens with one attached hydrogen (secondary N) is 1. The number of amides is 1. The molecule has 0 bridgehead atoms. The fourth-order valence-electron chi connectivity index (χ4n) is 1.63. The lowest BCUT2D eigenvalue weighted by molar-refractivity contribution is 0.103. The zero-order chi connectivity index (χ0) is 14.9. The van der Waals surface area contributed by atoms with Crippen molar-refractivity contribution in [3.05, 3.63) is 33.7 Å². The van der Waals surface area contributed by atoms with E-state index < -0.39 is 0 Å². The average molecular weight is 311 g/mol. The van der Waals surface area contributed by atoms with Gasteiger partial charge in [-0.25, -0.2) is 4.98 Å². The molecular weight excluding hydrogens is 296 g/mol. The molecule has 2 rings (SSSR count). The van der Waals surface area contributed by atoms with Gasteiger partial charge in [-0.05, 0) is 18.6 Å². The minimum absolute atomic E-state index is 0.223. The molecule has 3 N–H and O–H groups in total. The summed E-state index contributed by atoms with van der Waals surface area (Å²) in [5, 5.41) is 3.97. The lowest BCUT2D eigenvalue weighted by Gasteiger charge is -2.09. The molecule has 1 heterocycles. The van der Waals surface area contributed by atoms with Gasteiger partial charge in [-0.2, -0.15) is 0 Å². The van der Waals surface area contributed by atoms with Gasteiger partial charge in [-0.15, -0.1) is 0 Å². The highest BCUT2D eigenvalue weighted by Crippen LogP contribution is 2.30. The number of nitrogens with two attached hydrogens (primary N) is 1. The molecule has 5 nitrogen and oxygen atoms in total. The maximum absolute atomic E-state index is 12.3. The van der Waals surface area contributed by atoms with Crippen molar-refractivity contribution >= 4 is 45.5 Å². The van der Waals surface area contributed by atoms with E-state index in [4.69, 9.17) is 17.3 Å². The first-order valence-electron chi connectivity index (χ1n) is 5.90. The maximum Gasteiger partial charge on any atom is 0.269 e. The van der Waals surface area contributed by atoms with E-state index in [0.717, 1.165) is 5.56 Å².